The highest BCUT2D eigenvalue weighted by molar-refractivity contribution is 7.80. The van der Waals surface area contributed by atoms with E-state index in [-0.39, 0.29) is 0 Å². The first-order valence-electron chi connectivity index (χ1n) is 9.72. The maximum absolute atomic E-state index is 5.92. The summed E-state index contributed by atoms with van der Waals surface area (Å²) in [7, 11) is 0. The van der Waals surface area contributed by atoms with Crippen LogP contribution in [0, 0.1) is 0 Å². The van der Waals surface area contributed by atoms with Crippen molar-refractivity contribution < 1.29 is 9.15 Å². The molecule has 5 nitrogen and oxygen atoms in total. The first kappa shape index (κ1) is 18.9. The highest BCUT2D eigenvalue weighted by atomic mass is 32.1. The van der Waals surface area contributed by atoms with Crippen molar-refractivity contribution in [2.24, 2.45) is 0 Å². The zero-order valence-corrected chi connectivity index (χ0v) is 16.6. The highest BCUT2D eigenvalue weighted by Gasteiger charge is 2.09. The van der Waals surface area contributed by atoms with E-state index in [0.717, 1.165) is 73.8 Å². The van der Waals surface area contributed by atoms with Gasteiger partial charge in [0.05, 0.1) is 13.2 Å². The number of thiocarbonyl (C=S) groups is 1. The Morgan fingerprint density at radius 2 is 1.82 bits per heavy atom. The minimum Gasteiger partial charge on any atom is -0.456 e. The lowest BCUT2D eigenvalue weighted by Crippen LogP contribution is -2.38. The van der Waals surface area contributed by atoms with Gasteiger partial charge in [0, 0.05) is 36.3 Å². The normalized spacial score (nSPS) is 14.9. The average Bonchev–Trinajstić information content (AvgIpc) is 3.17. The number of para-hydroxylation sites is 1. The van der Waals surface area contributed by atoms with Crippen molar-refractivity contribution in [1.82, 2.24) is 10.2 Å². The van der Waals surface area contributed by atoms with Crippen LogP contribution >= 0.6 is 12.2 Å². The van der Waals surface area contributed by atoms with Crippen LogP contribution < -0.4 is 10.6 Å². The van der Waals surface area contributed by atoms with Gasteiger partial charge in [-0.15, -0.1) is 0 Å². The lowest BCUT2D eigenvalue weighted by atomic mass is 10.1. The lowest BCUT2D eigenvalue weighted by Gasteiger charge is -2.26. The summed E-state index contributed by atoms with van der Waals surface area (Å²) in [5.41, 5.74) is 2.92. The number of fused-ring (bicyclic) bond motifs is 1. The van der Waals surface area contributed by atoms with Crippen molar-refractivity contribution in [3.05, 3.63) is 54.6 Å². The first-order chi connectivity index (χ1) is 13.8. The molecule has 0 saturated carbocycles. The monoisotopic (exact) mass is 395 g/mol. The third kappa shape index (κ3) is 4.90. The van der Waals surface area contributed by atoms with E-state index < -0.39 is 0 Å². The number of benzene rings is 2. The first-order valence-corrected chi connectivity index (χ1v) is 10.1. The van der Waals surface area contributed by atoms with E-state index in [0.29, 0.717) is 5.11 Å². The average molecular weight is 396 g/mol. The van der Waals surface area contributed by atoms with Gasteiger partial charge in [-0.1, -0.05) is 18.2 Å². The third-order valence-corrected chi connectivity index (χ3v) is 5.14. The van der Waals surface area contributed by atoms with Crippen molar-refractivity contribution in [2.75, 3.05) is 44.7 Å². The molecule has 4 rings (SSSR count). The predicted octanol–water partition coefficient (Wildman–Crippen LogP) is 4.11. The van der Waals surface area contributed by atoms with Crippen LogP contribution in [-0.4, -0.2) is 49.4 Å². The largest absolute Gasteiger partial charge is 0.456 e. The van der Waals surface area contributed by atoms with Crippen molar-refractivity contribution >= 4 is 34.0 Å². The molecule has 1 saturated heterocycles. The lowest BCUT2D eigenvalue weighted by molar-refractivity contribution is 0.0376. The molecule has 1 fully saturated rings. The number of furan rings is 1. The zero-order valence-electron chi connectivity index (χ0n) is 15.8. The fourth-order valence-electron chi connectivity index (χ4n) is 3.35. The Kier molecular flexibility index (Phi) is 6.21. The van der Waals surface area contributed by atoms with Crippen LogP contribution in [0.5, 0.6) is 0 Å². The van der Waals surface area contributed by atoms with Gasteiger partial charge in [-0.2, -0.15) is 0 Å². The summed E-state index contributed by atoms with van der Waals surface area (Å²) in [4.78, 5) is 2.43. The molecule has 6 heteroatoms. The molecule has 1 aliphatic heterocycles. The van der Waals surface area contributed by atoms with Gasteiger partial charge in [0.2, 0.25) is 0 Å². The molecule has 0 spiro atoms. The molecule has 0 radical (unpaired) electrons. The third-order valence-electron chi connectivity index (χ3n) is 4.89. The van der Waals surface area contributed by atoms with Crippen LogP contribution in [0.2, 0.25) is 0 Å². The van der Waals surface area contributed by atoms with Gasteiger partial charge in [0.15, 0.2) is 5.11 Å². The van der Waals surface area contributed by atoms with Gasteiger partial charge in [0.25, 0.3) is 0 Å². The maximum Gasteiger partial charge on any atom is 0.170 e. The van der Waals surface area contributed by atoms with Crippen molar-refractivity contribution in [2.45, 2.75) is 6.42 Å². The number of ether oxygens (including phenoxy) is 1. The number of anilines is 1. The molecule has 0 aliphatic carbocycles. The van der Waals surface area contributed by atoms with Gasteiger partial charge in [0.1, 0.15) is 11.3 Å². The summed E-state index contributed by atoms with van der Waals surface area (Å²) in [6.07, 6.45) is 1.06. The fraction of sp³-hybridized carbons (Fsp3) is 0.318. The molecule has 2 heterocycles. The molecule has 28 heavy (non-hydrogen) atoms. The minimum absolute atomic E-state index is 0.651. The molecule has 1 aromatic heterocycles. The minimum atomic E-state index is 0.651. The molecule has 2 N–H and O–H groups in total. The van der Waals surface area contributed by atoms with Gasteiger partial charge in [-0.25, -0.2) is 0 Å². The van der Waals surface area contributed by atoms with Gasteiger partial charge < -0.3 is 19.8 Å². The van der Waals surface area contributed by atoms with Crippen LogP contribution in [0.3, 0.4) is 0 Å². The Bertz CT molecular complexity index is 884. The topological polar surface area (TPSA) is 49.7 Å². The number of rotatable bonds is 6. The fourth-order valence-corrected chi connectivity index (χ4v) is 3.57. The Balaban J connectivity index is 1.25. The molecular weight excluding hydrogens is 370 g/mol. The highest BCUT2D eigenvalue weighted by Crippen LogP contribution is 2.28. The van der Waals surface area contributed by atoms with Crippen molar-refractivity contribution in [3.8, 4) is 11.3 Å². The summed E-state index contributed by atoms with van der Waals surface area (Å²) in [5, 5.41) is 8.28. The van der Waals surface area contributed by atoms with E-state index in [1.165, 1.54) is 0 Å². The summed E-state index contributed by atoms with van der Waals surface area (Å²) in [6, 6.07) is 18.2. The van der Waals surface area contributed by atoms with Gasteiger partial charge in [-0.05, 0) is 61.6 Å². The number of nitrogens with one attached hydrogen (secondary N) is 2. The molecule has 0 unspecified atom stereocenters. The van der Waals surface area contributed by atoms with Gasteiger partial charge in [-0.3, -0.25) is 4.90 Å². The predicted molar refractivity (Wildman–Crippen MR) is 118 cm³/mol. The van der Waals surface area contributed by atoms with Crippen LogP contribution in [0.25, 0.3) is 22.3 Å². The van der Waals surface area contributed by atoms with Crippen LogP contribution in [0.1, 0.15) is 6.42 Å². The van der Waals surface area contributed by atoms with Crippen molar-refractivity contribution in [1.29, 1.82) is 0 Å². The Labute approximate surface area is 170 Å². The Morgan fingerprint density at radius 3 is 2.61 bits per heavy atom. The molecular formula is C22H25N3O2S. The Hall–Kier alpha value is -2.41. The van der Waals surface area contributed by atoms with Crippen LogP contribution in [0.15, 0.2) is 59.0 Å². The number of hydrogen-bond donors (Lipinski definition) is 2. The van der Waals surface area contributed by atoms with E-state index in [4.69, 9.17) is 21.4 Å². The molecule has 0 bridgehead atoms. The van der Waals surface area contributed by atoms with Gasteiger partial charge >= 0.3 is 0 Å². The van der Waals surface area contributed by atoms with E-state index in [1.54, 1.807) is 0 Å². The summed E-state index contributed by atoms with van der Waals surface area (Å²) in [6.45, 7) is 5.68. The zero-order chi connectivity index (χ0) is 19.2. The second-order valence-corrected chi connectivity index (χ2v) is 7.32. The standard InChI is InChI=1S/C22H25N3O2S/c28-22(23-10-3-11-25-12-14-26-15-13-25)24-19-8-6-17(7-9-19)21-16-18-4-1-2-5-20(18)27-21/h1-2,4-9,16H,3,10-15H2,(H2,23,24,28). The molecule has 1 aliphatic rings. The molecule has 146 valence electrons. The summed E-state index contributed by atoms with van der Waals surface area (Å²) >= 11 is 5.40. The Morgan fingerprint density at radius 1 is 1.04 bits per heavy atom. The second-order valence-electron chi connectivity index (χ2n) is 6.91. The smallest absolute Gasteiger partial charge is 0.170 e. The second kappa shape index (κ2) is 9.19. The van der Waals surface area contributed by atoms with E-state index >= 15 is 0 Å². The van der Waals surface area contributed by atoms with E-state index in [1.807, 2.05) is 42.5 Å². The maximum atomic E-state index is 5.92. The SMILES string of the molecule is S=C(NCCCN1CCOCC1)Nc1ccc(-c2cc3ccccc3o2)cc1. The summed E-state index contributed by atoms with van der Waals surface area (Å²) < 4.78 is 11.3. The summed E-state index contributed by atoms with van der Waals surface area (Å²) in [5.74, 6) is 0.872. The van der Waals surface area contributed by atoms with Crippen LogP contribution in [0.4, 0.5) is 5.69 Å². The van der Waals surface area contributed by atoms with Crippen molar-refractivity contribution in [3.63, 3.8) is 0 Å². The molecule has 2 aromatic carbocycles. The number of hydrogen-bond acceptors (Lipinski definition) is 4. The number of nitrogens with zero attached hydrogens (tertiary/aromatic N) is 1. The van der Waals surface area contributed by atoms with E-state index in [9.17, 15) is 0 Å². The van der Waals surface area contributed by atoms with Crippen LogP contribution in [-0.2, 0) is 4.74 Å². The number of morpholine rings is 1. The molecule has 3 aromatic rings. The molecule has 0 atom stereocenters. The quantitative estimate of drug-likeness (QED) is 0.484. The van der Waals surface area contributed by atoms with E-state index in [2.05, 4.69) is 27.7 Å². The molecule has 0 amide bonds.